The molecule has 1 fully saturated rings. The van der Waals surface area contributed by atoms with Gasteiger partial charge in [0.25, 0.3) is 5.91 Å². The Morgan fingerprint density at radius 1 is 0.970 bits per heavy atom. The second-order valence-corrected chi connectivity index (χ2v) is 8.96. The zero-order chi connectivity index (χ0) is 22.5. The number of para-hydroxylation sites is 2. The number of thioether (sulfide) groups is 1. The molecule has 0 saturated carbocycles. The Balaban J connectivity index is 1.12. The van der Waals surface area contributed by atoms with Crippen molar-refractivity contribution in [3.63, 3.8) is 0 Å². The number of morpholine rings is 1. The van der Waals surface area contributed by atoms with Gasteiger partial charge in [0.2, 0.25) is 0 Å². The molecule has 7 heteroatoms. The predicted molar refractivity (Wildman–Crippen MR) is 133 cm³/mol. The number of ether oxygens (including phenoxy) is 1. The number of aromatic amines is 1. The van der Waals surface area contributed by atoms with Crippen molar-refractivity contribution in [3.8, 4) is 0 Å². The fourth-order valence-electron chi connectivity index (χ4n) is 3.83. The zero-order valence-corrected chi connectivity index (χ0v) is 19.1. The number of anilines is 1. The van der Waals surface area contributed by atoms with E-state index < -0.39 is 0 Å². The highest BCUT2D eigenvalue weighted by Crippen LogP contribution is 2.23. The van der Waals surface area contributed by atoms with Crippen molar-refractivity contribution in [1.29, 1.82) is 0 Å². The molecule has 4 aromatic rings. The molecule has 5 rings (SSSR count). The maximum atomic E-state index is 12.6. The van der Waals surface area contributed by atoms with Gasteiger partial charge in [-0.2, -0.15) is 0 Å². The summed E-state index contributed by atoms with van der Waals surface area (Å²) < 4.78 is 5.41. The average molecular weight is 459 g/mol. The smallest absolute Gasteiger partial charge is 0.251 e. The van der Waals surface area contributed by atoms with Crippen LogP contribution in [-0.4, -0.2) is 42.2 Å². The molecule has 0 atom stereocenters. The first-order valence-corrected chi connectivity index (χ1v) is 12.1. The number of H-pyrrole nitrogens is 1. The predicted octanol–water partition coefficient (Wildman–Crippen LogP) is 4.62. The first-order valence-electron chi connectivity index (χ1n) is 11.1. The fraction of sp³-hybridized carbons (Fsp3) is 0.231. The van der Waals surface area contributed by atoms with Crippen LogP contribution in [0.2, 0.25) is 0 Å². The van der Waals surface area contributed by atoms with E-state index in [1.54, 1.807) is 11.8 Å². The summed E-state index contributed by atoms with van der Waals surface area (Å²) in [4.78, 5) is 22.8. The maximum Gasteiger partial charge on any atom is 0.251 e. The molecule has 3 aromatic carbocycles. The van der Waals surface area contributed by atoms with Gasteiger partial charge in [-0.05, 0) is 47.5 Å². The minimum Gasteiger partial charge on any atom is -0.378 e. The summed E-state index contributed by atoms with van der Waals surface area (Å²) in [7, 11) is 0. The summed E-state index contributed by atoms with van der Waals surface area (Å²) in [5, 5.41) is 3.91. The largest absolute Gasteiger partial charge is 0.378 e. The van der Waals surface area contributed by atoms with E-state index in [9.17, 15) is 4.79 Å². The third-order valence-electron chi connectivity index (χ3n) is 5.72. The van der Waals surface area contributed by atoms with E-state index in [2.05, 4.69) is 44.5 Å². The number of benzene rings is 3. The van der Waals surface area contributed by atoms with Crippen LogP contribution in [0.5, 0.6) is 0 Å². The first kappa shape index (κ1) is 21.6. The molecular formula is C26H26N4O2S. The van der Waals surface area contributed by atoms with Gasteiger partial charge in [-0.15, -0.1) is 0 Å². The number of aromatic nitrogens is 2. The van der Waals surface area contributed by atoms with Crippen LogP contribution in [0.3, 0.4) is 0 Å². The van der Waals surface area contributed by atoms with Gasteiger partial charge in [0.15, 0.2) is 5.16 Å². The first-order chi connectivity index (χ1) is 16.2. The quantitative estimate of drug-likeness (QED) is 0.396. The minimum atomic E-state index is -0.0660. The highest BCUT2D eigenvalue weighted by Gasteiger charge is 2.11. The molecule has 0 radical (unpaired) electrons. The van der Waals surface area contributed by atoms with Crippen molar-refractivity contribution >= 4 is 34.4 Å². The van der Waals surface area contributed by atoms with Crippen LogP contribution in [0, 0.1) is 0 Å². The second kappa shape index (κ2) is 10.1. The number of hydrogen-bond donors (Lipinski definition) is 2. The molecule has 2 N–H and O–H groups in total. The Morgan fingerprint density at radius 3 is 2.45 bits per heavy atom. The number of rotatable bonds is 7. The third-order valence-corrected chi connectivity index (χ3v) is 6.67. The van der Waals surface area contributed by atoms with Crippen molar-refractivity contribution in [1.82, 2.24) is 15.3 Å². The number of hydrogen-bond acceptors (Lipinski definition) is 5. The molecular weight excluding hydrogens is 432 g/mol. The molecule has 33 heavy (non-hydrogen) atoms. The molecule has 6 nitrogen and oxygen atoms in total. The second-order valence-electron chi connectivity index (χ2n) is 7.99. The van der Waals surface area contributed by atoms with Crippen LogP contribution in [0.1, 0.15) is 21.5 Å². The van der Waals surface area contributed by atoms with Crippen LogP contribution in [0.15, 0.2) is 78.0 Å². The molecule has 168 valence electrons. The van der Waals surface area contributed by atoms with Crippen molar-refractivity contribution < 1.29 is 9.53 Å². The lowest BCUT2D eigenvalue weighted by Crippen LogP contribution is -2.36. The van der Waals surface area contributed by atoms with Crippen LogP contribution < -0.4 is 10.2 Å². The lowest BCUT2D eigenvalue weighted by Gasteiger charge is -2.28. The van der Waals surface area contributed by atoms with Crippen molar-refractivity contribution in [2.75, 3.05) is 31.2 Å². The van der Waals surface area contributed by atoms with Crippen molar-refractivity contribution in [3.05, 3.63) is 89.5 Å². The van der Waals surface area contributed by atoms with E-state index in [0.717, 1.165) is 59.4 Å². The molecule has 1 saturated heterocycles. The van der Waals surface area contributed by atoms with Gasteiger partial charge in [-0.1, -0.05) is 48.2 Å². The molecule has 1 aliphatic rings. The van der Waals surface area contributed by atoms with Gasteiger partial charge in [0, 0.05) is 36.6 Å². The Labute approximate surface area is 197 Å². The summed E-state index contributed by atoms with van der Waals surface area (Å²) in [5.41, 5.74) is 6.11. The lowest BCUT2D eigenvalue weighted by molar-refractivity contribution is 0.0951. The number of nitrogens with zero attached hydrogens (tertiary/aromatic N) is 2. The van der Waals surface area contributed by atoms with E-state index in [-0.39, 0.29) is 5.91 Å². The third kappa shape index (κ3) is 5.38. The summed E-state index contributed by atoms with van der Waals surface area (Å²) in [5.74, 6) is 0.723. The number of fused-ring (bicyclic) bond motifs is 1. The Morgan fingerprint density at radius 2 is 1.70 bits per heavy atom. The molecule has 0 bridgehead atoms. The van der Waals surface area contributed by atoms with E-state index in [4.69, 9.17) is 4.74 Å². The van der Waals surface area contributed by atoms with E-state index >= 15 is 0 Å². The van der Waals surface area contributed by atoms with Crippen molar-refractivity contribution in [2.24, 2.45) is 0 Å². The number of carbonyl (C=O) groups excluding carboxylic acids is 1. The molecule has 0 spiro atoms. The molecule has 1 amide bonds. The highest BCUT2D eigenvalue weighted by molar-refractivity contribution is 7.98. The molecule has 0 unspecified atom stereocenters. The summed E-state index contributed by atoms with van der Waals surface area (Å²) in [6.45, 7) is 3.89. The number of nitrogens with one attached hydrogen (secondary N) is 2. The van der Waals surface area contributed by atoms with Crippen LogP contribution in [0.25, 0.3) is 11.0 Å². The van der Waals surface area contributed by atoms with E-state index in [0.29, 0.717) is 12.1 Å². The zero-order valence-electron chi connectivity index (χ0n) is 18.3. The van der Waals surface area contributed by atoms with Crippen LogP contribution >= 0.6 is 11.8 Å². The summed E-state index contributed by atoms with van der Waals surface area (Å²) >= 11 is 1.65. The van der Waals surface area contributed by atoms with Gasteiger partial charge < -0.3 is 19.9 Å². The Hall–Kier alpha value is -3.29. The average Bonchev–Trinajstić information content (AvgIpc) is 3.30. The Kier molecular flexibility index (Phi) is 6.60. The summed E-state index contributed by atoms with van der Waals surface area (Å²) in [6, 6.07) is 24.1. The number of amides is 1. The minimum absolute atomic E-state index is 0.0660. The van der Waals surface area contributed by atoms with Gasteiger partial charge in [-0.25, -0.2) is 4.98 Å². The highest BCUT2D eigenvalue weighted by atomic mass is 32.2. The van der Waals surface area contributed by atoms with E-state index in [1.807, 2.05) is 48.5 Å². The van der Waals surface area contributed by atoms with Gasteiger partial charge >= 0.3 is 0 Å². The standard InChI is InChI=1S/C26H26N4O2S/c31-25(27-17-19-7-11-22(12-8-19)30-13-15-32-16-14-30)21-9-5-20(6-10-21)18-33-26-28-23-3-1-2-4-24(23)29-26/h1-12H,13-18H2,(H,27,31)(H,28,29). The fourth-order valence-corrected chi connectivity index (χ4v) is 4.67. The lowest BCUT2D eigenvalue weighted by atomic mass is 10.1. The molecule has 1 aromatic heterocycles. The van der Waals surface area contributed by atoms with Crippen molar-refractivity contribution in [2.45, 2.75) is 17.5 Å². The number of carbonyl (C=O) groups is 1. The molecule has 1 aliphatic heterocycles. The Bertz CT molecular complexity index is 1180. The molecule has 2 heterocycles. The van der Waals surface area contributed by atoms with Gasteiger partial charge in [0.05, 0.1) is 24.2 Å². The number of imidazole rings is 1. The van der Waals surface area contributed by atoms with Gasteiger partial charge in [0.1, 0.15) is 0 Å². The van der Waals surface area contributed by atoms with Crippen LogP contribution in [0.4, 0.5) is 5.69 Å². The molecule has 0 aliphatic carbocycles. The van der Waals surface area contributed by atoms with Gasteiger partial charge in [-0.3, -0.25) is 4.79 Å². The monoisotopic (exact) mass is 458 g/mol. The topological polar surface area (TPSA) is 70.2 Å². The van der Waals surface area contributed by atoms with Crippen LogP contribution in [-0.2, 0) is 17.0 Å². The maximum absolute atomic E-state index is 12.6. The normalized spacial score (nSPS) is 13.9. The van der Waals surface area contributed by atoms with E-state index in [1.165, 1.54) is 5.69 Å². The summed E-state index contributed by atoms with van der Waals surface area (Å²) in [6.07, 6.45) is 0. The SMILES string of the molecule is O=C(NCc1ccc(N2CCOCC2)cc1)c1ccc(CSc2nc3ccccc3[nH]2)cc1.